The van der Waals surface area contributed by atoms with Gasteiger partial charge in [-0.3, -0.25) is 0 Å². The van der Waals surface area contributed by atoms with Crippen LogP contribution in [-0.4, -0.2) is 30.8 Å². The fraction of sp³-hybridized carbons (Fsp3) is 0.400. The average Bonchev–Trinajstić information content (AvgIpc) is 2.18. The van der Waals surface area contributed by atoms with Crippen LogP contribution in [0.5, 0.6) is 0 Å². The van der Waals surface area contributed by atoms with Crippen molar-refractivity contribution in [2.45, 2.75) is 13.0 Å². The van der Waals surface area contributed by atoms with Gasteiger partial charge >= 0.3 is 5.97 Å². The number of rotatable bonds is 4. The standard InChI is InChI=1S/C10H12FNO3/c1-7(6-14-2)15-10(13)8-3-4-9(11)12-5-8/h3-5,7H,6H2,1-2H3. The van der Waals surface area contributed by atoms with Gasteiger partial charge in [0.25, 0.3) is 0 Å². The van der Waals surface area contributed by atoms with Gasteiger partial charge in [0.15, 0.2) is 0 Å². The van der Waals surface area contributed by atoms with Crippen molar-refractivity contribution in [3.63, 3.8) is 0 Å². The van der Waals surface area contributed by atoms with Gasteiger partial charge in [0, 0.05) is 13.3 Å². The Bertz CT molecular complexity index is 326. The van der Waals surface area contributed by atoms with Crippen LogP contribution < -0.4 is 0 Å². The van der Waals surface area contributed by atoms with Crippen LogP contribution in [0, 0.1) is 5.95 Å². The summed E-state index contributed by atoms with van der Waals surface area (Å²) in [6.07, 6.45) is 0.796. The maximum atomic E-state index is 12.5. The zero-order chi connectivity index (χ0) is 11.3. The van der Waals surface area contributed by atoms with Gasteiger partial charge in [-0.15, -0.1) is 0 Å². The molecule has 1 atom stereocenters. The summed E-state index contributed by atoms with van der Waals surface area (Å²) in [5.41, 5.74) is 0.222. The highest BCUT2D eigenvalue weighted by atomic mass is 19.1. The van der Waals surface area contributed by atoms with E-state index >= 15 is 0 Å². The number of esters is 1. The minimum atomic E-state index is -0.628. The Balaban J connectivity index is 2.57. The van der Waals surface area contributed by atoms with Crippen LogP contribution in [0.25, 0.3) is 0 Å². The summed E-state index contributed by atoms with van der Waals surface area (Å²) >= 11 is 0. The van der Waals surface area contributed by atoms with Gasteiger partial charge in [0.2, 0.25) is 5.95 Å². The van der Waals surface area contributed by atoms with Gasteiger partial charge in [0.1, 0.15) is 6.10 Å². The highest BCUT2D eigenvalue weighted by Crippen LogP contribution is 2.03. The molecule has 1 heterocycles. The topological polar surface area (TPSA) is 48.4 Å². The van der Waals surface area contributed by atoms with Crippen molar-refractivity contribution in [1.82, 2.24) is 4.98 Å². The molecule has 0 saturated heterocycles. The molecule has 0 aliphatic carbocycles. The SMILES string of the molecule is COCC(C)OC(=O)c1ccc(F)nc1. The number of carbonyl (C=O) groups is 1. The number of methoxy groups -OCH3 is 1. The number of carbonyl (C=O) groups excluding carboxylic acids is 1. The molecule has 4 nitrogen and oxygen atoms in total. The summed E-state index contributed by atoms with van der Waals surface area (Å²) in [6, 6.07) is 2.43. The fourth-order valence-electron chi connectivity index (χ4n) is 1.02. The van der Waals surface area contributed by atoms with Crippen LogP contribution in [0.4, 0.5) is 4.39 Å². The number of nitrogens with zero attached hydrogens (tertiary/aromatic N) is 1. The third-order valence-electron chi connectivity index (χ3n) is 1.67. The summed E-state index contributed by atoms with van der Waals surface area (Å²) in [5, 5.41) is 0. The van der Waals surface area contributed by atoms with Crippen molar-refractivity contribution in [3.8, 4) is 0 Å². The Morgan fingerprint density at radius 2 is 2.33 bits per heavy atom. The number of halogens is 1. The van der Waals surface area contributed by atoms with Crippen molar-refractivity contribution in [3.05, 3.63) is 29.8 Å². The molecule has 1 rings (SSSR count). The molecular weight excluding hydrogens is 201 g/mol. The Morgan fingerprint density at radius 1 is 1.60 bits per heavy atom. The van der Waals surface area contributed by atoms with Crippen molar-refractivity contribution in [1.29, 1.82) is 0 Å². The smallest absolute Gasteiger partial charge is 0.340 e. The third-order valence-corrected chi connectivity index (χ3v) is 1.67. The minimum absolute atomic E-state index is 0.222. The lowest BCUT2D eigenvalue weighted by atomic mass is 10.3. The summed E-state index contributed by atoms with van der Waals surface area (Å²) in [7, 11) is 1.52. The minimum Gasteiger partial charge on any atom is -0.457 e. The van der Waals surface area contributed by atoms with Crippen LogP contribution >= 0.6 is 0 Å². The molecule has 82 valence electrons. The molecule has 5 heteroatoms. The first-order valence-corrected chi connectivity index (χ1v) is 4.45. The Kier molecular flexibility index (Phi) is 4.17. The van der Waals surface area contributed by atoms with E-state index in [0.29, 0.717) is 6.61 Å². The largest absolute Gasteiger partial charge is 0.457 e. The second-order valence-electron chi connectivity index (χ2n) is 3.04. The van der Waals surface area contributed by atoms with E-state index < -0.39 is 11.9 Å². The van der Waals surface area contributed by atoms with Gasteiger partial charge < -0.3 is 9.47 Å². The number of pyridine rings is 1. The summed E-state index contributed by atoms with van der Waals surface area (Å²) < 4.78 is 22.2. The predicted molar refractivity (Wildman–Crippen MR) is 50.9 cm³/mol. The molecule has 0 bridgehead atoms. The van der Waals surface area contributed by atoms with Crippen molar-refractivity contribution in [2.24, 2.45) is 0 Å². The van der Waals surface area contributed by atoms with E-state index in [9.17, 15) is 9.18 Å². The molecule has 0 aromatic carbocycles. The van der Waals surface area contributed by atoms with Crippen molar-refractivity contribution < 1.29 is 18.7 Å². The van der Waals surface area contributed by atoms with E-state index in [2.05, 4.69) is 4.98 Å². The fourth-order valence-corrected chi connectivity index (χ4v) is 1.02. The van der Waals surface area contributed by atoms with E-state index in [4.69, 9.17) is 9.47 Å². The molecule has 0 fully saturated rings. The van der Waals surface area contributed by atoms with Crippen molar-refractivity contribution >= 4 is 5.97 Å². The molecule has 0 aliphatic heterocycles. The Morgan fingerprint density at radius 3 is 2.87 bits per heavy atom. The maximum Gasteiger partial charge on any atom is 0.340 e. The molecule has 0 radical (unpaired) electrons. The molecule has 0 N–H and O–H groups in total. The van der Waals surface area contributed by atoms with Crippen LogP contribution in [0.1, 0.15) is 17.3 Å². The number of ether oxygens (including phenoxy) is 2. The molecule has 0 spiro atoms. The zero-order valence-corrected chi connectivity index (χ0v) is 8.57. The summed E-state index contributed by atoms with van der Waals surface area (Å²) in [6.45, 7) is 2.03. The highest BCUT2D eigenvalue weighted by molar-refractivity contribution is 5.89. The molecule has 0 amide bonds. The lowest BCUT2D eigenvalue weighted by molar-refractivity contribution is 0.0120. The molecule has 1 aromatic heterocycles. The van der Waals surface area contributed by atoms with Gasteiger partial charge in [-0.2, -0.15) is 4.39 Å². The highest BCUT2D eigenvalue weighted by Gasteiger charge is 2.11. The van der Waals surface area contributed by atoms with Gasteiger partial charge in [-0.25, -0.2) is 9.78 Å². The van der Waals surface area contributed by atoms with Crippen molar-refractivity contribution in [2.75, 3.05) is 13.7 Å². The number of hydrogen-bond donors (Lipinski definition) is 0. The van der Waals surface area contributed by atoms with E-state index in [1.807, 2.05) is 0 Å². The molecule has 0 saturated carbocycles. The second-order valence-corrected chi connectivity index (χ2v) is 3.04. The third kappa shape index (κ3) is 3.63. The van der Waals surface area contributed by atoms with Crippen LogP contribution in [0.15, 0.2) is 18.3 Å². The molecule has 15 heavy (non-hydrogen) atoms. The lowest BCUT2D eigenvalue weighted by Gasteiger charge is -2.11. The first kappa shape index (κ1) is 11.6. The zero-order valence-electron chi connectivity index (χ0n) is 8.57. The summed E-state index contributed by atoms with van der Waals surface area (Å²) in [4.78, 5) is 14.8. The number of aromatic nitrogens is 1. The predicted octanol–water partition coefficient (Wildman–Crippen LogP) is 1.41. The average molecular weight is 213 g/mol. The van der Waals surface area contributed by atoms with Gasteiger partial charge in [-0.1, -0.05) is 0 Å². The van der Waals surface area contributed by atoms with E-state index in [1.54, 1.807) is 6.92 Å². The van der Waals surface area contributed by atoms with Gasteiger partial charge in [0.05, 0.1) is 12.2 Å². The molecule has 1 unspecified atom stereocenters. The van der Waals surface area contributed by atoms with Crippen LogP contribution in [-0.2, 0) is 9.47 Å². The normalized spacial score (nSPS) is 12.2. The Labute approximate surface area is 87.0 Å². The van der Waals surface area contributed by atoms with E-state index in [-0.39, 0.29) is 11.7 Å². The molecule has 0 aliphatic rings. The first-order valence-electron chi connectivity index (χ1n) is 4.45. The maximum absolute atomic E-state index is 12.5. The lowest BCUT2D eigenvalue weighted by Crippen LogP contribution is -2.19. The molecular formula is C10H12FNO3. The number of hydrogen-bond acceptors (Lipinski definition) is 4. The van der Waals surface area contributed by atoms with Crippen LogP contribution in [0.3, 0.4) is 0 Å². The second kappa shape index (κ2) is 5.41. The first-order chi connectivity index (χ1) is 7.13. The monoisotopic (exact) mass is 213 g/mol. The van der Waals surface area contributed by atoms with E-state index in [0.717, 1.165) is 12.3 Å². The van der Waals surface area contributed by atoms with Crippen LogP contribution in [0.2, 0.25) is 0 Å². The van der Waals surface area contributed by atoms with Gasteiger partial charge in [-0.05, 0) is 19.1 Å². The Hall–Kier alpha value is -1.49. The van der Waals surface area contributed by atoms with E-state index in [1.165, 1.54) is 13.2 Å². The molecule has 1 aromatic rings. The quantitative estimate of drug-likeness (QED) is 0.560. The summed E-state index contributed by atoms with van der Waals surface area (Å²) in [5.74, 6) is -1.16.